The van der Waals surface area contributed by atoms with Gasteiger partial charge in [0.15, 0.2) is 0 Å². The third-order valence-corrected chi connectivity index (χ3v) is 7.54. The number of rotatable bonds is 10. The van der Waals surface area contributed by atoms with Crippen molar-refractivity contribution in [2.24, 2.45) is 5.92 Å². The summed E-state index contributed by atoms with van der Waals surface area (Å²) in [5.74, 6) is 0.156. The minimum atomic E-state index is -0.935. The highest BCUT2D eigenvalue weighted by atomic mass is 32.2. The Labute approximate surface area is 226 Å². The van der Waals surface area contributed by atoms with Crippen molar-refractivity contribution in [3.8, 4) is 5.69 Å². The first-order valence-electron chi connectivity index (χ1n) is 13.5. The van der Waals surface area contributed by atoms with Crippen molar-refractivity contribution in [2.75, 3.05) is 19.3 Å². The van der Waals surface area contributed by atoms with Gasteiger partial charge >= 0.3 is 0 Å². The fourth-order valence-electron chi connectivity index (χ4n) is 4.75. The topological polar surface area (TPSA) is 50.2 Å². The van der Waals surface area contributed by atoms with Gasteiger partial charge in [0.1, 0.15) is 5.82 Å². The van der Waals surface area contributed by atoms with Crippen molar-refractivity contribution in [1.29, 1.82) is 0 Å². The largest absolute Gasteiger partial charge is 0.382 e. The van der Waals surface area contributed by atoms with E-state index in [0.717, 1.165) is 67.0 Å². The summed E-state index contributed by atoms with van der Waals surface area (Å²) in [7, 11) is -0.935. The maximum atomic E-state index is 13.4. The molecular formula is C30H45FN4OS. The molecule has 0 radical (unpaired) electrons. The molecule has 1 fully saturated rings. The van der Waals surface area contributed by atoms with E-state index in [4.69, 9.17) is 0 Å². The van der Waals surface area contributed by atoms with Gasteiger partial charge in [0, 0.05) is 42.2 Å². The van der Waals surface area contributed by atoms with E-state index >= 15 is 0 Å². The zero-order valence-electron chi connectivity index (χ0n) is 23.5. The number of aromatic nitrogens is 2. The van der Waals surface area contributed by atoms with Gasteiger partial charge < -0.3 is 5.32 Å². The Morgan fingerprint density at radius 1 is 1.27 bits per heavy atom. The first-order chi connectivity index (χ1) is 17.8. The van der Waals surface area contributed by atoms with Gasteiger partial charge in [-0.2, -0.15) is 5.10 Å². The van der Waals surface area contributed by atoms with E-state index in [1.165, 1.54) is 18.6 Å². The molecule has 0 saturated carbocycles. The van der Waals surface area contributed by atoms with Gasteiger partial charge in [-0.15, -0.1) is 0 Å². The maximum Gasteiger partial charge on any atom is 0.123 e. The van der Waals surface area contributed by atoms with Gasteiger partial charge in [0.05, 0.1) is 28.6 Å². The summed E-state index contributed by atoms with van der Waals surface area (Å²) in [6, 6.07) is 6.59. The molecule has 5 nitrogen and oxygen atoms in total. The van der Waals surface area contributed by atoms with Crippen LogP contribution in [0.5, 0.6) is 0 Å². The van der Waals surface area contributed by atoms with Crippen LogP contribution in [-0.4, -0.2) is 43.7 Å². The minimum Gasteiger partial charge on any atom is -0.382 e. The average molecular weight is 529 g/mol. The molecule has 1 saturated heterocycles. The van der Waals surface area contributed by atoms with Crippen LogP contribution in [0.3, 0.4) is 0 Å². The Kier molecular flexibility index (Phi) is 13.0. The van der Waals surface area contributed by atoms with Gasteiger partial charge in [-0.3, -0.25) is 0 Å². The Bertz CT molecular complexity index is 1070. The second-order valence-electron chi connectivity index (χ2n) is 9.34. The minimum absolute atomic E-state index is 0.276. The van der Waals surface area contributed by atoms with Gasteiger partial charge in [-0.25, -0.2) is 17.6 Å². The molecule has 2 heterocycles. The molecule has 2 aromatic rings. The fourth-order valence-corrected chi connectivity index (χ4v) is 5.53. The summed E-state index contributed by atoms with van der Waals surface area (Å²) in [6.45, 7) is 16.4. The van der Waals surface area contributed by atoms with Gasteiger partial charge in [0.25, 0.3) is 0 Å². The van der Waals surface area contributed by atoms with E-state index in [1.54, 1.807) is 29.1 Å². The van der Waals surface area contributed by atoms with Crippen molar-refractivity contribution in [3.05, 3.63) is 72.0 Å². The summed E-state index contributed by atoms with van der Waals surface area (Å²) in [5, 5.41) is 8.44. The molecule has 3 rings (SSSR count). The SMILES string of the molecule is C=Cc1c(C(=C\C)/C(=C\CC)NC(CC)C2CCCN(S(C)=O)C2)cnn1-c1ccc(F)cc1.CCC. The normalized spacial score (nSPS) is 18.5. The Balaban J connectivity index is 0.00000153. The molecular weight excluding hydrogens is 483 g/mol. The number of hydrogen-bond donors (Lipinski definition) is 1. The quantitative estimate of drug-likeness (QED) is 0.333. The highest BCUT2D eigenvalue weighted by molar-refractivity contribution is 7.81. The lowest BCUT2D eigenvalue weighted by atomic mass is 9.89. The molecule has 1 aromatic carbocycles. The average Bonchev–Trinajstić information content (AvgIpc) is 3.32. The standard InChI is InChI=1S/C27H37FN4OS.C3H8/c1-6-11-26(30-25(8-3)20-12-10-17-31(19-20)34(5)33)23(7-2)24-18-29-32(27(24)9-4)22-15-13-21(28)14-16-22;1-3-2/h7,9,11,13-16,18,20,25,30H,4,6,8,10,12,17,19H2,1-3,5H3;3H2,1-2H3/b23-7+,26-11+;. The number of allylic oxidation sites excluding steroid dienone is 3. The van der Waals surface area contributed by atoms with Gasteiger partial charge in [0.2, 0.25) is 0 Å². The number of halogens is 1. The van der Waals surface area contributed by atoms with Crippen LogP contribution in [0.1, 0.15) is 78.0 Å². The zero-order valence-corrected chi connectivity index (χ0v) is 24.3. The van der Waals surface area contributed by atoms with Gasteiger partial charge in [-0.1, -0.05) is 52.8 Å². The predicted molar refractivity (Wildman–Crippen MR) is 157 cm³/mol. The molecule has 1 N–H and O–H groups in total. The number of hydrogen-bond acceptors (Lipinski definition) is 3. The Hall–Kier alpha value is -2.51. The molecule has 0 spiro atoms. The van der Waals surface area contributed by atoms with Crippen molar-refractivity contribution < 1.29 is 8.60 Å². The predicted octanol–water partition coefficient (Wildman–Crippen LogP) is 7.14. The summed E-state index contributed by atoms with van der Waals surface area (Å²) in [4.78, 5) is 0. The van der Waals surface area contributed by atoms with Crippen LogP contribution in [0.4, 0.5) is 4.39 Å². The highest BCUT2D eigenvalue weighted by Gasteiger charge is 2.29. The van der Waals surface area contributed by atoms with Crippen LogP contribution in [0.2, 0.25) is 0 Å². The second-order valence-corrected chi connectivity index (χ2v) is 10.7. The fraction of sp³-hybridized carbons (Fsp3) is 0.500. The van der Waals surface area contributed by atoms with Crippen molar-refractivity contribution in [3.63, 3.8) is 0 Å². The molecule has 1 aliphatic rings. The lowest BCUT2D eigenvalue weighted by Gasteiger charge is -2.36. The second kappa shape index (κ2) is 15.7. The summed E-state index contributed by atoms with van der Waals surface area (Å²) >= 11 is 0. The van der Waals surface area contributed by atoms with Crippen LogP contribution < -0.4 is 5.32 Å². The van der Waals surface area contributed by atoms with Crippen LogP contribution in [0, 0.1) is 11.7 Å². The smallest absolute Gasteiger partial charge is 0.123 e. The molecule has 37 heavy (non-hydrogen) atoms. The van der Waals surface area contributed by atoms with E-state index < -0.39 is 11.0 Å². The molecule has 7 heteroatoms. The monoisotopic (exact) mass is 528 g/mol. The van der Waals surface area contributed by atoms with Crippen LogP contribution in [0.25, 0.3) is 17.3 Å². The van der Waals surface area contributed by atoms with E-state index in [-0.39, 0.29) is 11.9 Å². The molecule has 0 aliphatic carbocycles. The van der Waals surface area contributed by atoms with Crippen molar-refractivity contribution in [1.82, 2.24) is 19.4 Å². The molecule has 1 aromatic heterocycles. The molecule has 3 unspecified atom stereocenters. The maximum absolute atomic E-state index is 13.4. The summed E-state index contributed by atoms with van der Waals surface area (Å²) in [6.07, 6.45) is 15.1. The van der Waals surface area contributed by atoms with Gasteiger partial charge in [-0.05, 0) is 68.9 Å². The van der Waals surface area contributed by atoms with E-state index in [1.807, 2.05) is 13.1 Å². The number of nitrogens with zero attached hydrogens (tertiary/aromatic N) is 3. The lowest BCUT2D eigenvalue weighted by Crippen LogP contribution is -2.45. The third kappa shape index (κ3) is 8.24. The zero-order chi connectivity index (χ0) is 27.4. The summed E-state index contributed by atoms with van der Waals surface area (Å²) < 4.78 is 29.4. The van der Waals surface area contributed by atoms with Crippen LogP contribution in [0.15, 0.2) is 54.9 Å². The van der Waals surface area contributed by atoms with Crippen LogP contribution in [-0.2, 0) is 11.0 Å². The number of benzene rings is 1. The molecule has 0 bridgehead atoms. The molecule has 204 valence electrons. The van der Waals surface area contributed by atoms with E-state index in [0.29, 0.717) is 5.92 Å². The number of nitrogens with one attached hydrogen (secondary N) is 1. The molecule has 3 atom stereocenters. The third-order valence-electron chi connectivity index (χ3n) is 6.48. The van der Waals surface area contributed by atoms with Crippen LogP contribution >= 0.6 is 0 Å². The Morgan fingerprint density at radius 3 is 2.49 bits per heavy atom. The lowest BCUT2D eigenvalue weighted by molar-refractivity contribution is 0.226. The molecule has 0 amide bonds. The highest BCUT2D eigenvalue weighted by Crippen LogP contribution is 2.30. The Morgan fingerprint density at radius 2 is 1.95 bits per heavy atom. The van der Waals surface area contributed by atoms with Crippen molar-refractivity contribution >= 4 is 22.6 Å². The van der Waals surface area contributed by atoms with E-state index in [2.05, 4.69) is 61.1 Å². The first kappa shape index (κ1) is 30.7. The molecule has 1 aliphatic heterocycles. The van der Waals surface area contributed by atoms with E-state index in [9.17, 15) is 8.60 Å². The first-order valence-corrected chi connectivity index (χ1v) is 15.0. The summed E-state index contributed by atoms with van der Waals surface area (Å²) in [5.41, 5.74) is 4.77. The van der Waals surface area contributed by atoms with Crippen molar-refractivity contribution in [2.45, 2.75) is 72.8 Å². The number of piperidine rings is 1.